The van der Waals surface area contributed by atoms with Crippen LogP contribution in [0.15, 0.2) is 21.7 Å². The molecule has 100 valence electrons. The summed E-state index contributed by atoms with van der Waals surface area (Å²) < 4.78 is 29.7. The molecule has 0 N–H and O–H groups in total. The molecule has 1 aliphatic rings. The molecular weight excluding hydrogens is 252 g/mol. The minimum absolute atomic E-state index is 0.0457. The average Bonchev–Trinajstić information content (AvgIpc) is 2.76. The molecule has 0 unspecified atom stereocenters. The highest BCUT2D eigenvalue weighted by molar-refractivity contribution is 7.91. The lowest BCUT2D eigenvalue weighted by atomic mass is 10.2. The molecule has 1 saturated heterocycles. The van der Waals surface area contributed by atoms with Gasteiger partial charge in [-0.25, -0.2) is 8.42 Å². The van der Waals surface area contributed by atoms with Gasteiger partial charge in [-0.1, -0.05) is 11.7 Å². The van der Waals surface area contributed by atoms with Crippen LogP contribution in [0.1, 0.15) is 31.2 Å². The summed E-state index contributed by atoms with van der Waals surface area (Å²) in [6, 6.07) is 0.216. The predicted molar refractivity (Wildman–Crippen MR) is 67.7 cm³/mol. The van der Waals surface area contributed by atoms with Crippen LogP contribution < -0.4 is 0 Å². The highest BCUT2D eigenvalue weighted by atomic mass is 32.2. The zero-order chi connectivity index (χ0) is 13.5. The monoisotopic (exact) mass is 270 g/mol. The van der Waals surface area contributed by atoms with E-state index in [2.05, 4.69) is 11.7 Å². The number of aryl methyl sites for hydroxylation is 2. The van der Waals surface area contributed by atoms with Gasteiger partial charge in [0.2, 0.25) is 9.84 Å². The number of sulfone groups is 1. The van der Waals surface area contributed by atoms with Gasteiger partial charge in [0.1, 0.15) is 10.8 Å². The molecule has 1 aromatic heterocycles. The Bertz CT molecular complexity index is 555. The third kappa shape index (κ3) is 2.16. The van der Waals surface area contributed by atoms with E-state index in [1.54, 1.807) is 13.8 Å². The summed E-state index contributed by atoms with van der Waals surface area (Å²) in [5, 5.41) is 3.70. The second-order valence-corrected chi connectivity index (χ2v) is 6.72. The van der Waals surface area contributed by atoms with Crippen LogP contribution >= 0.6 is 0 Å². The SMILES string of the molecule is C=C1CC[C@H](C)N1CS(=O)(=O)c1c(C)noc1C. The van der Waals surface area contributed by atoms with E-state index in [1.165, 1.54) is 0 Å². The lowest BCUT2D eigenvalue weighted by molar-refractivity contribution is 0.353. The van der Waals surface area contributed by atoms with E-state index >= 15 is 0 Å². The van der Waals surface area contributed by atoms with Crippen LogP contribution in [0.3, 0.4) is 0 Å². The van der Waals surface area contributed by atoms with Crippen molar-refractivity contribution in [2.24, 2.45) is 0 Å². The Morgan fingerprint density at radius 2 is 2.17 bits per heavy atom. The summed E-state index contributed by atoms with van der Waals surface area (Å²) in [6.45, 7) is 9.20. The van der Waals surface area contributed by atoms with Gasteiger partial charge in [-0.15, -0.1) is 0 Å². The maximum absolute atomic E-state index is 12.4. The molecule has 1 atom stereocenters. The van der Waals surface area contributed by atoms with Gasteiger partial charge in [-0.05, 0) is 33.6 Å². The number of aromatic nitrogens is 1. The number of allylic oxidation sites excluding steroid dienone is 1. The first kappa shape index (κ1) is 13.1. The molecule has 1 aromatic rings. The van der Waals surface area contributed by atoms with E-state index < -0.39 is 9.84 Å². The predicted octanol–water partition coefficient (Wildman–Crippen LogP) is 2.02. The lowest BCUT2D eigenvalue weighted by Crippen LogP contribution is -2.31. The third-order valence-electron chi connectivity index (χ3n) is 3.38. The van der Waals surface area contributed by atoms with Crippen LogP contribution in [0.4, 0.5) is 0 Å². The van der Waals surface area contributed by atoms with Crippen molar-refractivity contribution >= 4 is 9.84 Å². The fourth-order valence-electron chi connectivity index (χ4n) is 2.37. The van der Waals surface area contributed by atoms with E-state index in [0.717, 1.165) is 18.5 Å². The maximum atomic E-state index is 12.4. The minimum atomic E-state index is -3.42. The fourth-order valence-corrected chi connectivity index (χ4v) is 4.27. The van der Waals surface area contributed by atoms with Gasteiger partial charge in [0.25, 0.3) is 0 Å². The van der Waals surface area contributed by atoms with Crippen molar-refractivity contribution in [1.29, 1.82) is 0 Å². The molecule has 0 aromatic carbocycles. The molecule has 18 heavy (non-hydrogen) atoms. The Kier molecular flexibility index (Phi) is 3.23. The zero-order valence-corrected chi connectivity index (χ0v) is 11.7. The molecular formula is C12H18N2O3S. The molecule has 0 bridgehead atoms. The van der Waals surface area contributed by atoms with Crippen molar-refractivity contribution in [2.75, 3.05) is 5.88 Å². The molecule has 1 aliphatic heterocycles. The summed E-state index contributed by atoms with van der Waals surface area (Å²) in [4.78, 5) is 2.07. The molecule has 6 heteroatoms. The maximum Gasteiger partial charge on any atom is 0.201 e. The van der Waals surface area contributed by atoms with E-state index in [1.807, 2.05) is 11.8 Å². The summed E-state index contributed by atoms with van der Waals surface area (Å²) in [5.74, 6) is 0.306. The highest BCUT2D eigenvalue weighted by Crippen LogP contribution is 2.29. The first-order valence-electron chi connectivity index (χ1n) is 5.93. The molecule has 0 amide bonds. The second kappa shape index (κ2) is 4.42. The minimum Gasteiger partial charge on any atom is -0.360 e. The Morgan fingerprint density at radius 1 is 1.50 bits per heavy atom. The smallest absolute Gasteiger partial charge is 0.201 e. The van der Waals surface area contributed by atoms with Gasteiger partial charge < -0.3 is 9.42 Å². The van der Waals surface area contributed by atoms with Crippen molar-refractivity contribution in [2.45, 2.75) is 44.6 Å². The lowest BCUT2D eigenvalue weighted by Gasteiger charge is -2.24. The molecule has 0 radical (unpaired) electrons. The van der Waals surface area contributed by atoms with E-state index in [9.17, 15) is 8.42 Å². The number of rotatable bonds is 3. The van der Waals surface area contributed by atoms with Crippen LogP contribution in [0.2, 0.25) is 0 Å². The number of hydrogen-bond donors (Lipinski definition) is 0. The van der Waals surface area contributed by atoms with Gasteiger partial charge in [-0.2, -0.15) is 0 Å². The third-order valence-corrected chi connectivity index (χ3v) is 5.20. The Balaban J connectivity index is 2.31. The number of nitrogens with zero attached hydrogens (tertiary/aromatic N) is 2. The molecule has 0 spiro atoms. The van der Waals surface area contributed by atoms with E-state index in [-0.39, 0.29) is 16.8 Å². The van der Waals surface area contributed by atoms with Crippen LogP contribution in [-0.2, 0) is 9.84 Å². The average molecular weight is 270 g/mol. The highest BCUT2D eigenvalue weighted by Gasteiger charge is 2.31. The number of likely N-dealkylation sites (tertiary alicyclic amines) is 1. The van der Waals surface area contributed by atoms with Crippen LogP contribution in [0, 0.1) is 13.8 Å². The van der Waals surface area contributed by atoms with E-state index in [0.29, 0.717) is 11.5 Å². The normalized spacial score (nSPS) is 20.7. The first-order chi connectivity index (χ1) is 8.33. The van der Waals surface area contributed by atoms with Gasteiger partial charge in [-0.3, -0.25) is 0 Å². The molecule has 0 aliphatic carbocycles. The Hall–Kier alpha value is -1.30. The molecule has 5 nitrogen and oxygen atoms in total. The standard InChI is InChI=1S/C12H18N2O3S/c1-8-5-6-9(2)14(8)7-18(15,16)12-10(3)13-17-11(12)4/h9H,1,5-7H2,2-4H3/t9-/m0/s1. The quantitative estimate of drug-likeness (QED) is 0.840. The first-order valence-corrected chi connectivity index (χ1v) is 7.58. The Morgan fingerprint density at radius 3 is 2.61 bits per heavy atom. The van der Waals surface area contributed by atoms with Crippen molar-refractivity contribution < 1.29 is 12.9 Å². The van der Waals surface area contributed by atoms with Gasteiger partial charge >= 0.3 is 0 Å². The summed E-state index contributed by atoms with van der Waals surface area (Å²) in [7, 11) is -3.42. The van der Waals surface area contributed by atoms with Crippen molar-refractivity contribution in [3.8, 4) is 0 Å². The topological polar surface area (TPSA) is 63.4 Å². The van der Waals surface area contributed by atoms with Crippen LogP contribution in [-0.4, -0.2) is 30.4 Å². The molecule has 0 saturated carbocycles. The summed E-state index contributed by atoms with van der Waals surface area (Å²) in [6.07, 6.45) is 1.81. The fraction of sp³-hybridized carbons (Fsp3) is 0.583. The zero-order valence-electron chi connectivity index (χ0n) is 10.9. The van der Waals surface area contributed by atoms with Crippen molar-refractivity contribution in [3.05, 3.63) is 23.7 Å². The van der Waals surface area contributed by atoms with E-state index in [4.69, 9.17) is 4.52 Å². The van der Waals surface area contributed by atoms with Gasteiger partial charge in [0, 0.05) is 11.7 Å². The van der Waals surface area contributed by atoms with Crippen molar-refractivity contribution in [3.63, 3.8) is 0 Å². The summed E-state index contributed by atoms with van der Waals surface area (Å²) >= 11 is 0. The molecule has 2 rings (SSSR count). The van der Waals surface area contributed by atoms with Gasteiger partial charge in [0.15, 0.2) is 5.76 Å². The largest absolute Gasteiger partial charge is 0.360 e. The molecule has 2 heterocycles. The number of hydrogen-bond acceptors (Lipinski definition) is 5. The molecule has 1 fully saturated rings. The van der Waals surface area contributed by atoms with Crippen LogP contribution in [0.25, 0.3) is 0 Å². The Labute approximate surface area is 107 Å². The second-order valence-electron chi connectivity index (χ2n) is 4.82. The van der Waals surface area contributed by atoms with Gasteiger partial charge in [0.05, 0.1) is 5.69 Å². The summed E-state index contributed by atoms with van der Waals surface area (Å²) in [5.41, 5.74) is 1.31. The van der Waals surface area contributed by atoms with Crippen molar-refractivity contribution in [1.82, 2.24) is 10.1 Å². The van der Waals surface area contributed by atoms with Crippen LogP contribution in [0.5, 0.6) is 0 Å².